The summed E-state index contributed by atoms with van der Waals surface area (Å²) in [6.45, 7) is 0. The van der Waals surface area contributed by atoms with Gasteiger partial charge in [-0.05, 0) is 12.0 Å². The Labute approximate surface area is 108 Å². The van der Waals surface area contributed by atoms with E-state index in [4.69, 9.17) is 4.74 Å². The molecule has 1 atom stereocenters. The van der Waals surface area contributed by atoms with Gasteiger partial charge >= 0.3 is 5.97 Å². The van der Waals surface area contributed by atoms with E-state index < -0.39 is 0 Å². The molecule has 1 aromatic rings. The standard InChI is InChI=1S/C15H18O3/c1-17-14(13-9-5-3-6-10-13)11-7-4-8-12-15(16)18-2/h3,5-6,9-10,14H,4,8,12H2,1-2H3. The molecular weight excluding hydrogens is 228 g/mol. The molecule has 18 heavy (non-hydrogen) atoms. The summed E-state index contributed by atoms with van der Waals surface area (Å²) in [6.07, 6.45) is 1.59. The summed E-state index contributed by atoms with van der Waals surface area (Å²) in [7, 11) is 3.03. The highest BCUT2D eigenvalue weighted by Gasteiger charge is 2.04. The van der Waals surface area contributed by atoms with Crippen molar-refractivity contribution in [2.45, 2.75) is 25.4 Å². The average molecular weight is 246 g/mol. The van der Waals surface area contributed by atoms with Crippen molar-refractivity contribution < 1.29 is 14.3 Å². The van der Waals surface area contributed by atoms with Gasteiger partial charge in [0.2, 0.25) is 0 Å². The summed E-state index contributed by atoms with van der Waals surface area (Å²) in [5.41, 5.74) is 1.04. The summed E-state index contributed by atoms with van der Waals surface area (Å²) in [4.78, 5) is 10.9. The Morgan fingerprint density at radius 3 is 2.61 bits per heavy atom. The van der Waals surface area contributed by atoms with Gasteiger partial charge < -0.3 is 9.47 Å². The molecule has 0 amide bonds. The highest BCUT2D eigenvalue weighted by atomic mass is 16.5. The lowest BCUT2D eigenvalue weighted by atomic mass is 10.1. The quantitative estimate of drug-likeness (QED) is 0.455. The van der Waals surface area contributed by atoms with Gasteiger partial charge in [-0.15, -0.1) is 5.92 Å². The van der Waals surface area contributed by atoms with E-state index in [1.54, 1.807) is 7.11 Å². The molecule has 0 saturated carbocycles. The number of carbonyl (C=O) groups is 1. The van der Waals surface area contributed by atoms with E-state index >= 15 is 0 Å². The minimum atomic E-state index is -0.204. The van der Waals surface area contributed by atoms with Crippen LogP contribution in [0.25, 0.3) is 0 Å². The first-order valence-electron chi connectivity index (χ1n) is 5.91. The predicted molar refractivity (Wildman–Crippen MR) is 69.8 cm³/mol. The number of hydrogen-bond acceptors (Lipinski definition) is 3. The maximum absolute atomic E-state index is 10.9. The van der Waals surface area contributed by atoms with Crippen LogP contribution >= 0.6 is 0 Å². The number of esters is 1. The molecule has 1 aromatic carbocycles. The molecule has 0 aliphatic heterocycles. The van der Waals surface area contributed by atoms with Gasteiger partial charge in [0.1, 0.15) is 6.10 Å². The fraction of sp³-hybridized carbons (Fsp3) is 0.400. The lowest BCUT2D eigenvalue weighted by molar-refractivity contribution is -0.140. The normalized spacial score (nSPS) is 11.2. The van der Waals surface area contributed by atoms with Gasteiger partial charge in [-0.25, -0.2) is 0 Å². The van der Waals surface area contributed by atoms with Crippen LogP contribution in [-0.4, -0.2) is 20.2 Å². The summed E-state index contributed by atoms with van der Waals surface area (Å²) < 4.78 is 9.88. The first-order chi connectivity index (χ1) is 8.77. The molecular formula is C15H18O3. The van der Waals surface area contributed by atoms with Crippen molar-refractivity contribution in [2.24, 2.45) is 0 Å². The number of rotatable bonds is 5. The van der Waals surface area contributed by atoms with Crippen LogP contribution in [-0.2, 0) is 14.3 Å². The topological polar surface area (TPSA) is 35.5 Å². The summed E-state index contributed by atoms with van der Waals surface area (Å²) in [5.74, 6) is 5.89. The Morgan fingerprint density at radius 2 is 2.00 bits per heavy atom. The maximum Gasteiger partial charge on any atom is 0.305 e. The Bertz CT molecular complexity index is 414. The van der Waals surface area contributed by atoms with Crippen LogP contribution in [0.4, 0.5) is 0 Å². The van der Waals surface area contributed by atoms with E-state index in [0.717, 1.165) is 5.56 Å². The number of methoxy groups -OCH3 is 2. The first kappa shape index (κ1) is 14.3. The van der Waals surface area contributed by atoms with Gasteiger partial charge in [-0.2, -0.15) is 0 Å². The number of benzene rings is 1. The second kappa shape index (κ2) is 8.32. The molecule has 3 nitrogen and oxygen atoms in total. The Kier molecular flexibility index (Phi) is 6.60. The average Bonchev–Trinajstić information content (AvgIpc) is 2.43. The number of carbonyl (C=O) groups excluding carboxylic acids is 1. The highest BCUT2D eigenvalue weighted by Crippen LogP contribution is 2.14. The maximum atomic E-state index is 10.9. The third-order valence-electron chi connectivity index (χ3n) is 2.48. The van der Waals surface area contributed by atoms with E-state index in [1.807, 2.05) is 30.3 Å². The SMILES string of the molecule is COC(=O)CCCC#CC(OC)c1ccccc1. The Balaban J connectivity index is 2.43. The minimum absolute atomic E-state index is 0.192. The fourth-order valence-corrected chi connectivity index (χ4v) is 1.49. The molecule has 0 aliphatic carbocycles. The Morgan fingerprint density at radius 1 is 1.28 bits per heavy atom. The second-order valence-electron chi connectivity index (χ2n) is 3.78. The number of hydrogen-bond donors (Lipinski definition) is 0. The van der Waals surface area contributed by atoms with Gasteiger partial charge in [-0.3, -0.25) is 4.79 Å². The molecule has 0 aliphatic rings. The molecule has 3 heteroatoms. The second-order valence-corrected chi connectivity index (χ2v) is 3.78. The largest absolute Gasteiger partial charge is 0.469 e. The molecule has 0 spiro atoms. The number of ether oxygens (including phenoxy) is 2. The van der Waals surface area contributed by atoms with E-state index in [0.29, 0.717) is 19.3 Å². The van der Waals surface area contributed by atoms with Crippen LogP contribution in [0.3, 0.4) is 0 Å². The molecule has 0 heterocycles. The summed E-state index contributed by atoms with van der Waals surface area (Å²) >= 11 is 0. The monoisotopic (exact) mass is 246 g/mol. The van der Waals surface area contributed by atoms with Crippen molar-refractivity contribution in [3.63, 3.8) is 0 Å². The first-order valence-corrected chi connectivity index (χ1v) is 5.91. The zero-order valence-corrected chi connectivity index (χ0v) is 10.8. The van der Waals surface area contributed by atoms with Crippen molar-refractivity contribution >= 4 is 5.97 Å². The van der Waals surface area contributed by atoms with E-state index in [2.05, 4.69) is 16.6 Å². The van der Waals surface area contributed by atoms with Gasteiger partial charge in [0.15, 0.2) is 0 Å². The molecule has 96 valence electrons. The highest BCUT2D eigenvalue weighted by molar-refractivity contribution is 5.69. The van der Waals surface area contributed by atoms with Crippen LogP contribution < -0.4 is 0 Å². The fourth-order valence-electron chi connectivity index (χ4n) is 1.49. The molecule has 0 N–H and O–H groups in total. The Hall–Kier alpha value is -1.79. The summed E-state index contributed by atoms with van der Waals surface area (Å²) in [5, 5.41) is 0. The molecule has 0 fully saturated rings. The molecule has 0 aromatic heterocycles. The number of unbranched alkanes of at least 4 members (excludes halogenated alkanes) is 1. The zero-order chi connectivity index (χ0) is 13.2. The lowest BCUT2D eigenvalue weighted by Crippen LogP contribution is -1.99. The van der Waals surface area contributed by atoms with E-state index in [1.165, 1.54) is 7.11 Å². The molecule has 1 rings (SSSR count). The van der Waals surface area contributed by atoms with E-state index in [-0.39, 0.29) is 12.1 Å². The van der Waals surface area contributed by atoms with Crippen molar-refractivity contribution in [3.8, 4) is 11.8 Å². The molecule has 1 unspecified atom stereocenters. The zero-order valence-electron chi connectivity index (χ0n) is 10.8. The van der Waals surface area contributed by atoms with Crippen LogP contribution in [0.2, 0.25) is 0 Å². The minimum Gasteiger partial charge on any atom is -0.469 e. The van der Waals surface area contributed by atoms with Gasteiger partial charge in [0.05, 0.1) is 7.11 Å². The smallest absolute Gasteiger partial charge is 0.305 e. The third-order valence-corrected chi connectivity index (χ3v) is 2.48. The molecule has 0 bridgehead atoms. The van der Waals surface area contributed by atoms with Crippen LogP contribution in [0.1, 0.15) is 30.9 Å². The van der Waals surface area contributed by atoms with Crippen molar-refractivity contribution in [2.75, 3.05) is 14.2 Å². The van der Waals surface area contributed by atoms with Crippen molar-refractivity contribution in [1.29, 1.82) is 0 Å². The van der Waals surface area contributed by atoms with Crippen LogP contribution in [0.5, 0.6) is 0 Å². The van der Waals surface area contributed by atoms with Crippen LogP contribution in [0.15, 0.2) is 30.3 Å². The lowest BCUT2D eigenvalue weighted by Gasteiger charge is -2.08. The third kappa shape index (κ3) is 5.03. The van der Waals surface area contributed by atoms with Crippen LogP contribution in [0, 0.1) is 11.8 Å². The van der Waals surface area contributed by atoms with Gasteiger partial charge in [0.25, 0.3) is 0 Å². The van der Waals surface area contributed by atoms with Gasteiger partial charge in [0, 0.05) is 20.0 Å². The van der Waals surface area contributed by atoms with Crippen molar-refractivity contribution in [1.82, 2.24) is 0 Å². The predicted octanol–water partition coefficient (Wildman–Crippen LogP) is 2.72. The summed E-state index contributed by atoms with van der Waals surface area (Å²) in [6, 6.07) is 9.84. The van der Waals surface area contributed by atoms with E-state index in [9.17, 15) is 4.79 Å². The van der Waals surface area contributed by atoms with Gasteiger partial charge in [-0.1, -0.05) is 36.3 Å². The molecule has 0 radical (unpaired) electrons. The molecule has 0 saturated heterocycles. The van der Waals surface area contributed by atoms with Crippen molar-refractivity contribution in [3.05, 3.63) is 35.9 Å².